The van der Waals surface area contributed by atoms with E-state index in [4.69, 9.17) is 9.51 Å². The molecule has 0 amide bonds. The van der Waals surface area contributed by atoms with Gasteiger partial charge in [-0.15, -0.1) is 0 Å². The zero-order chi connectivity index (χ0) is 14.1. The first kappa shape index (κ1) is 13.0. The minimum Gasteiger partial charge on any atom is -0.339 e. The maximum atomic E-state index is 5.65. The highest BCUT2D eigenvalue weighted by Gasteiger charge is 2.49. The van der Waals surface area contributed by atoms with Gasteiger partial charge in [-0.3, -0.25) is 4.98 Å². The number of aromatic nitrogens is 3. The summed E-state index contributed by atoms with van der Waals surface area (Å²) in [5.41, 5.74) is 1.06. The molecular weight excluding hydrogens is 264 g/mol. The van der Waals surface area contributed by atoms with Crippen molar-refractivity contribution in [2.24, 2.45) is 0 Å². The van der Waals surface area contributed by atoms with Crippen molar-refractivity contribution in [3.05, 3.63) is 41.8 Å². The minimum absolute atomic E-state index is 0.0770. The van der Waals surface area contributed by atoms with Crippen molar-refractivity contribution in [3.63, 3.8) is 0 Å². The van der Waals surface area contributed by atoms with Crippen LogP contribution in [0.3, 0.4) is 0 Å². The molecule has 1 N–H and O–H groups in total. The topological polar surface area (TPSA) is 63.8 Å². The molecule has 1 aliphatic carbocycles. The molecule has 0 bridgehead atoms. The quantitative estimate of drug-likeness (QED) is 0.936. The van der Waals surface area contributed by atoms with Gasteiger partial charge in [-0.25, -0.2) is 0 Å². The first-order valence-corrected chi connectivity index (χ1v) is 7.83. The summed E-state index contributed by atoms with van der Waals surface area (Å²) in [6, 6.07) is 6.41. The van der Waals surface area contributed by atoms with Crippen molar-refractivity contribution in [3.8, 4) is 0 Å². The van der Waals surface area contributed by atoms with E-state index in [1.54, 1.807) is 6.20 Å². The second-order valence-corrected chi connectivity index (χ2v) is 6.17. The number of hydrogen-bond donors (Lipinski definition) is 1. The van der Waals surface area contributed by atoms with Gasteiger partial charge in [-0.2, -0.15) is 4.98 Å². The Kier molecular flexibility index (Phi) is 3.22. The largest absolute Gasteiger partial charge is 0.339 e. The molecule has 1 saturated carbocycles. The van der Waals surface area contributed by atoms with Gasteiger partial charge in [0.15, 0.2) is 5.82 Å². The lowest BCUT2D eigenvalue weighted by atomic mass is 9.70. The monoisotopic (exact) mass is 284 g/mol. The maximum absolute atomic E-state index is 5.65. The third-order valence-corrected chi connectivity index (χ3v) is 4.95. The maximum Gasteiger partial charge on any atom is 0.234 e. The molecule has 5 nitrogen and oxygen atoms in total. The van der Waals surface area contributed by atoms with Crippen LogP contribution >= 0.6 is 0 Å². The fourth-order valence-corrected chi connectivity index (χ4v) is 3.86. The number of hydrogen-bond acceptors (Lipinski definition) is 5. The van der Waals surface area contributed by atoms with Gasteiger partial charge in [0.05, 0.1) is 11.8 Å². The van der Waals surface area contributed by atoms with Crippen molar-refractivity contribution in [1.29, 1.82) is 0 Å². The van der Waals surface area contributed by atoms with E-state index in [1.807, 2.05) is 18.2 Å². The van der Waals surface area contributed by atoms with Gasteiger partial charge in [0.25, 0.3) is 0 Å². The van der Waals surface area contributed by atoms with Crippen LogP contribution in [0.2, 0.25) is 0 Å². The smallest absolute Gasteiger partial charge is 0.234 e. The van der Waals surface area contributed by atoms with E-state index in [1.165, 1.54) is 19.3 Å². The van der Waals surface area contributed by atoms with Crippen LogP contribution in [0.4, 0.5) is 0 Å². The molecule has 0 aromatic carbocycles. The molecule has 110 valence electrons. The van der Waals surface area contributed by atoms with Gasteiger partial charge in [0.1, 0.15) is 0 Å². The Morgan fingerprint density at radius 1 is 1.29 bits per heavy atom. The zero-order valence-electron chi connectivity index (χ0n) is 12.1. The van der Waals surface area contributed by atoms with Crippen LogP contribution in [0, 0.1) is 0 Å². The Hall–Kier alpha value is -1.75. The van der Waals surface area contributed by atoms with E-state index >= 15 is 0 Å². The number of rotatable bonds is 3. The number of nitrogens with zero attached hydrogens (tertiary/aromatic N) is 3. The Morgan fingerprint density at radius 2 is 2.29 bits per heavy atom. The third kappa shape index (κ3) is 2.25. The molecular formula is C16H20N4O. The summed E-state index contributed by atoms with van der Waals surface area (Å²) >= 11 is 0. The predicted molar refractivity (Wildman–Crippen MR) is 77.9 cm³/mol. The van der Waals surface area contributed by atoms with Crippen LogP contribution in [0.15, 0.2) is 28.9 Å². The van der Waals surface area contributed by atoms with Crippen molar-refractivity contribution in [1.82, 2.24) is 20.4 Å². The molecule has 4 rings (SSSR count). The number of nitrogens with one attached hydrogen (secondary N) is 1. The van der Waals surface area contributed by atoms with Gasteiger partial charge < -0.3 is 9.84 Å². The van der Waals surface area contributed by atoms with E-state index in [9.17, 15) is 0 Å². The Balaban J connectivity index is 1.59. The van der Waals surface area contributed by atoms with Gasteiger partial charge in [-0.1, -0.05) is 24.1 Å². The lowest BCUT2D eigenvalue weighted by molar-refractivity contribution is 0.199. The van der Waals surface area contributed by atoms with E-state index in [0.29, 0.717) is 12.5 Å². The molecule has 2 aromatic heterocycles. The van der Waals surface area contributed by atoms with Crippen LogP contribution in [-0.2, 0) is 11.8 Å². The molecule has 2 aromatic rings. The van der Waals surface area contributed by atoms with E-state index in [0.717, 1.165) is 36.8 Å². The summed E-state index contributed by atoms with van der Waals surface area (Å²) in [6.07, 6.45) is 8.49. The molecule has 2 aliphatic rings. The minimum atomic E-state index is 0.0770. The lowest BCUT2D eigenvalue weighted by Crippen LogP contribution is -2.43. The Morgan fingerprint density at radius 3 is 3.19 bits per heavy atom. The second-order valence-electron chi connectivity index (χ2n) is 6.17. The highest BCUT2D eigenvalue weighted by molar-refractivity contribution is 5.18. The highest BCUT2D eigenvalue weighted by Crippen LogP contribution is 2.44. The van der Waals surface area contributed by atoms with Crippen LogP contribution in [0.5, 0.6) is 0 Å². The fourth-order valence-electron chi connectivity index (χ4n) is 3.86. The fraction of sp³-hybridized carbons (Fsp3) is 0.562. The van der Waals surface area contributed by atoms with Gasteiger partial charge in [0.2, 0.25) is 5.89 Å². The predicted octanol–water partition coefficient (Wildman–Crippen LogP) is 2.23. The van der Waals surface area contributed by atoms with Crippen molar-refractivity contribution >= 4 is 0 Å². The standard InChI is InChI=1S/C16H20N4O/c1-3-7-16(8-10-18-13(16)6-1)15-19-14(20-21-15)11-12-5-2-4-9-17-12/h2,4-5,9,13,18H,1,3,6-8,10-11H2/t13-,16+/m0/s1. The molecule has 3 heterocycles. The molecule has 2 atom stereocenters. The molecule has 21 heavy (non-hydrogen) atoms. The lowest BCUT2D eigenvalue weighted by Gasteiger charge is -2.35. The summed E-state index contributed by atoms with van der Waals surface area (Å²) in [5, 5.41) is 7.80. The summed E-state index contributed by atoms with van der Waals surface area (Å²) < 4.78 is 5.65. The molecule has 2 fully saturated rings. The van der Waals surface area contributed by atoms with Crippen molar-refractivity contribution < 1.29 is 4.52 Å². The SMILES string of the molecule is c1ccc(Cc2noc([C@@]34CCCC[C@@H]3NCC4)n2)nc1. The summed E-state index contributed by atoms with van der Waals surface area (Å²) in [4.78, 5) is 9.03. The third-order valence-electron chi connectivity index (χ3n) is 4.95. The number of pyridine rings is 1. The molecule has 1 saturated heterocycles. The first-order chi connectivity index (χ1) is 10.4. The van der Waals surface area contributed by atoms with Gasteiger partial charge in [-0.05, 0) is 37.9 Å². The van der Waals surface area contributed by atoms with Crippen LogP contribution in [-0.4, -0.2) is 27.7 Å². The summed E-state index contributed by atoms with van der Waals surface area (Å²) in [6.45, 7) is 1.06. The van der Waals surface area contributed by atoms with Gasteiger partial charge in [0, 0.05) is 17.9 Å². The second kappa shape index (κ2) is 5.22. The highest BCUT2D eigenvalue weighted by atomic mass is 16.5. The summed E-state index contributed by atoms with van der Waals surface area (Å²) in [7, 11) is 0. The zero-order valence-corrected chi connectivity index (χ0v) is 12.1. The summed E-state index contributed by atoms with van der Waals surface area (Å²) in [5.74, 6) is 1.58. The molecule has 0 radical (unpaired) electrons. The normalized spacial score (nSPS) is 28.5. The van der Waals surface area contributed by atoms with E-state index in [-0.39, 0.29) is 5.41 Å². The van der Waals surface area contributed by atoms with Crippen molar-refractivity contribution in [2.75, 3.05) is 6.54 Å². The van der Waals surface area contributed by atoms with Gasteiger partial charge >= 0.3 is 0 Å². The van der Waals surface area contributed by atoms with Crippen LogP contribution in [0.25, 0.3) is 0 Å². The van der Waals surface area contributed by atoms with Crippen LogP contribution in [0.1, 0.15) is 49.5 Å². The Labute approximate surface area is 124 Å². The molecule has 0 spiro atoms. The van der Waals surface area contributed by atoms with E-state index < -0.39 is 0 Å². The molecule has 5 heteroatoms. The number of fused-ring (bicyclic) bond motifs is 1. The van der Waals surface area contributed by atoms with Crippen molar-refractivity contribution in [2.45, 2.75) is 50.0 Å². The van der Waals surface area contributed by atoms with E-state index in [2.05, 4.69) is 15.5 Å². The average Bonchev–Trinajstić information content (AvgIpc) is 3.15. The average molecular weight is 284 g/mol. The molecule has 1 aliphatic heterocycles. The first-order valence-electron chi connectivity index (χ1n) is 7.83. The Bertz CT molecular complexity index is 612. The van der Waals surface area contributed by atoms with Crippen LogP contribution < -0.4 is 5.32 Å². The molecule has 0 unspecified atom stereocenters.